The van der Waals surface area contributed by atoms with Gasteiger partial charge in [0.25, 0.3) is 0 Å². The van der Waals surface area contributed by atoms with Crippen LogP contribution in [0.3, 0.4) is 0 Å². The average Bonchev–Trinajstić information content (AvgIpc) is 2.55. The lowest BCUT2D eigenvalue weighted by atomic mass is 9.76. The van der Waals surface area contributed by atoms with Crippen LogP contribution in [0.1, 0.15) is 12.8 Å². The van der Waals surface area contributed by atoms with Gasteiger partial charge >= 0.3 is 0 Å². The summed E-state index contributed by atoms with van der Waals surface area (Å²) in [5.74, 6) is 1.53. The molecule has 1 aromatic carbocycles. The van der Waals surface area contributed by atoms with Gasteiger partial charge < -0.3 is 15.5 Å². The van der Waals surface area contributed by atoms with E-state index in [1.165, 1.54) is 25.9 Å². The normalized spacial score (nSPS) is 29.9. The number of thiocarbonyl (C=S) groups is 1. The lowest BCUT2D eigenvalue weighted by Gasteiger charge is -2.46. The summed E-state index contributed by atoms with van der Waals surface area (Å²) in [6.45, 7) is 7.45. The van der Waals surface area contributed by atoms with Gasteiger partial charge in [-0.05, 0) is 42.4 Å². The van der Waals surface area contributed by atoms with Crippen molar-refractivity contribution >= 4 is 34.6 Å². The van der Waals surface area contributed by atoms with Crippen molar-refractivity contribution in [3.05, 3.63) is 41.9 Å². The monoisotopic (exact) mass is 336 g/mol. The lowest BCUT2D eigenvalue weighted by Crippen LogP contribution is -3.20. The van der Waals surface area contributed by atoms with Crippen LogP contribution in [-0.4, -0.2) is 30.8 Å². The summed E-state index contributed by atoms with van der Waals surface area (Å²) in [5.41, 5.74) is 0.964. The summed E-state index contributed by atoms with van der Waals surface area (Å²) in [7, 11) is 0. The molecular formula is C17H23ClN3S+. The second-order valence-corrected chi connectivity index (χ2v) is 7.18. The van der Waals surface area contributed by atoms with Crippen molar-refractivity contribution < 1.29 is 4.90 Å². The Morgan fingerprint density at radius 1 is 1.41 bits per heavy atom. The number of fused-ring (bicyclic) bond motifs is 3. The van der Waals surface area contributed by atoms with E-state index >= 15 is 0 Å². The average molecular weight is 337 g/mol. The fourth-order valence-electron chi connectivity index (χ4n) is 3.78. The first-order valence-corrected chi connectivity index (χ1v) is 8.72. The Balaban J connectivity index is 1.47. The van der Waals surface area contributed by atoms with Gasteiger partial charge in [0.05, 0.1) is 19.6 Å². The molecule has 0 spiro atoms. The molecule has 0 saturated carbocycles. The first-order chi connectivity index (χ1) is 10.7. The van der Waals surface area contributed by atoms with E-state index in [2.05, 4.69) is 23.3 Å². The van der Waals surface area contributed by atoms with Crippen LogP contribution in [0.25, 0.3) is 0 Å². The Bertz CT molecular complexity index is 545. The van der Waals surface area contributed by atoms with Gasteiger partial charge in [-0.25, -0.2) is 0 Å². The maximum Gasteiger partial charge on any atom is 0.170 e. The van der Waals surface area contributed by atoms with Crippen molar-refractivity contribution in [1.82, 2.24) is 5.32 Å². The Morgan fingerprint density at radius 2 is 2.18 bits per heavy atom. The SMILES string of the molecule is C=C[C@H]1C[NH+]2CC[C@H]1C[C@@H]2CNC(=S)Nc1ccc(Cl)cc1. The van der Waals surface area contributed by atoms with E-state index in [9.17, 15) is 0 Å². The van der Waals surface area contributed by atoms with Crippen LogP contribution in [0, 0.1) is 11.8 Å². The van der Waals surface area contributed by atoms with Crippen molar-refractivity contribution in [2.75, 3.05) is 25.0 Å². The van der Waals surface area contributed by atoms with E-state index in [1.807, 2.05) is 24.3 Å². The van der Waals surface area contributed by atoms with Gasteiger partial charge in [-0.2, -0.15) is 0 Å². The number of quaternary nitrogens is 1. The molecule has 1 aromatic rings. The fraction of sp³-hybridized carbons (Fsp3) is 0.471. The molecule has 1 unspecified atom stereocenters. The number of anilines is 1. The summed E-state index contributed by atoms with van der Waals surface area (Å²) in [6, 6.07) is 8.25. The van der Waals surface area contributed by atoms with Crippen LogP contribution < -0.4 is 15.5 Å². The quantitative estimate of drug-likeness (QED) is 0.581. The van der Waals surface area contributed by atoms with Gasteiger partial charge in [0.15, 0.2) is 5.11 Å². The minimum Gasteiger partial charge on any atom is -0.356 e. The molecule has 5 heteroatoms. The van der Waals surface area contributed by atoms with Crippen LogP contribution in [0.15, 0.2) is 36.9 Å². The predicted octanol–water partition coefficient (Wildman–Crippen LogP) is 2.11. The molecule has 0 radical (unpaired) electrons. The van der Waals surface area contributed by atoms with Gasteiger partial charge in [-0.15, -0.1) is 6.58 Å². The third-order valence-electron chi connectivity index (χ3n) is 5.02. The number of benzene rings is 1. The molecule has 4 atom stereocenters. The molecule has 3 saturated heterocycles. The molecule has 3 N–H and O–H groups in total. The standard InChI is InChI=1S/C17H22ClN3S/c1-2-12-11-21-8-7-13(12)9-16(21)10-19-17(22)20-15-5-3-14(18)4-6-15/h2-6,12-13,16H,1,7-11H2,(H2,19,20,22)/p+1/t12-,13-,16+/m0/s1. The zero-order valence-corrected chi connectivity index (χ0v) is 14.2. The van der Waals surface area contributed by atoms with Gasteiger partial charge in [0.2, 0.25) is 0 Å². The molecule has 3 heterocycles. The highest BCUT2D eigenvalue weighted by molar-refractivity contribution is 7.80. The van der Waals surface area contributed by atoms with Crippen LogP contribution >= 0.6 is 23.8 Å². The molecule has 3 fully saturated rings. The molecule has 0 aromatic heterocycles. The largest absolute Gasteiger partial charge is 0.356 e. The van der Waals surface area contributed by atoms with Gasteiger partial charge in [0, 0.05) is 29.5 Å². The van der Waals surface area contributed by atoms with Gasteiger partial charge in [-0.1, -0.05) is 17.7 Å². The van der Waals surface area contributed by atoms with Gasteiger partial charge in [-0.3, -0.25) is 0 Å². The van der Waals surface area contributed by atoms with E-state index in [-0.39, 0.29) is 0 Å². The maximum absolute atomic E-state index is 5.88. The zero-order chi connectivity index (χ0) is 15.5. The third kappa shape index (κ3) is 3.62. The van der Waals surface area contributed by atoms with Crippen molar-refractivity contribution in [3.63, 3.8) is 0 Å². The number of nitrogens with one attached hydrogen (secondary N) is 3. The summed E-state index contributed by atoms with van der Waals surface area (Å²) < 4.78 is 0. The number of rotatable bonds is 4. The molecule has 2 bridgehead atoms. The minimum atomic E-state index is 0.667. The summed E-state index contributed by atoms with van der Waals surface area (Å²) in [6.07, 6.45) is 4.78. The number of piperidine rings is 3. The number of hydrogen-bond donors (Lipinski definition) is 3. The molecule has 3 nitrogen and oxygen atoms in total. The third-order valence-corrected chi connectivity index (χ3v) is 5.52. The predicted molar refractivity (Wildman–Crippen MR) is 96.6 cm³/mol. The van der Waals surface area contributed by atoms with Crippen LogP contribution in [0.4, 0.5) is 5.69 Å². The van der Waals surface area contributed by atoms with Crippen LogP contribution in [0.2, 0.25) is 5.02 Å². The first-order valence-electron chi connectivity index (χ1n) is 7.93. The van der Waals surface area contributed by atoms with Crippen molar-refractivity contribution in [2.45, 2.75) is 18.9 Å². The van der Waals surface area contributed by atoms with Crippen LogP contribution in [-0.2, 0) is 0 Å². The van der Waals surface area contributed by atoms with Gasteiger partial charge in [0.1, 0.15) is 6.04 Å². The molecule has 3 aliphatic rings. The van der Waals surface area contributed by atoms with Crippen molar-refractivity contribution in [1.29, 1.82) is 0 Å². The fourth-order valence-corrected chi connectivity index (χ4v) is 4.11. The summed E-state index contributed by atoms with van der Waals surface area (Å²) in [4.78, 5) is 1.70. The Kier molecular flexibility index (Phi) is 5.01. The van der Waals surface area contributed by atoms with E-state index in [1.54, 1.807) is 4.90 Å². The molecule has 22 heavy (non-hydrogen) atoms. The molecular weight excluding hydrogens is 314 g/mol. The highest BCUT2D eigenvalue weighted by Crippen LogP contribution is 2.27. The van der Waals surface area contributed by atoms with E-state index in [4.69, 9.17) is 23.8 Å². The summed E-state index contributed by atoms with van der Waals surface area (Å²) >= 11 is 11.3. The lowest BCUT2D eigenvalue weighted by molar-refractivity contribution is -0.944. The van der Waals surface area contributed by atoms with E-state index in [0.29, 0.717) is 17.1 Å². The highest BCUT2D eigenvalue weighted by Gasteiger charge is 2.41. The van der Waals surface area contributed by atoms with E-state index in [0.717, 1.165) is 23.2 Å². The molecule has 0 amide bonds. The molecule has 0 aliphatic carbocycles. The maximum atomic E-state index is 5.88. The molecule has 4 rings (SSSR count). The Morgan fingerprint density at radius 3 is 2.82 bits per heavy atom. The zero-order valence-electron chi connectivity index (χ0n) is 12.6. The summed E-state index contributed by atoms with van der Waals surface area (Å²) in [5, 5.41) is 8.00. The van der Waals surface area contributed by atoms with Crippen molar-refractivity contribution in [2.24, 2.45) is 11.8 Å². The van der Waals surface area contributed by atoms with Crippen molar-refractivity contribution in [3.8, 4) is 0 Å². The topological polar surface area (TPSA) is 28.5 Å². The van der Waals surface area contributed by atoms with E-state index < -0.39 is 0 Å². The van der Waals surface area contributed by atoms with Crippen LogP contribution in [0.5, 0.6) is 0 Å². The Hall–Kier alpha value is -1.10. The molecule has 118 valence electrons. The smallest absolute Gasteiger partial charge is 0.170 e. The number of halogens is 1. The second-order valence-electron chi connectivity index (χ2n) is 6.34. The Labute approximate surface area is 142 Å². The second kappa shape index (κ2) is 6.99. The molecule has 3 aliphatic heterocycles. The first kappa shape index (κ1) is 15.8. The minimum absolute atomic E-state index is 0.667. The number of hydrogen-bond acceptors (Lipinski definition) is 1. The highest BCUT2D eigenvalue weighted by atomic mass is 35.5.